The molecule has 0 bridgehead atoms. The van der Waals surface area contributed by atoms with Crippen LogP contribution in [0.5, 0.6) is 0 Å². The summed E-state index contributed by atoms with van der Waals surface area (Å²) in [6.07, 6.45) is -3.39. The molecule has 4 nitrogen and oxygen atoms in total. The van der Waals surface area contributed by atoms with Crippen molar-refractivity contribution in [3.8, 4) is 11.4 Å². The molecule has 0 spiro atoms. The van der Waals surface area contributed by atoms with Gasteiger partial charge in [-0.2, -0.15) is 13.2 Å². The van der Waals surface area contributed by atoms with Crippen LogP contribution in [0, 0.1) is 0 Å². The van der Waals surface area contributed by atoms with Crippen LogP contribution in [0.4, 0.5) is 13.2 Å². The second-order valence-corrected chi connectivity index (χ2v) is 5.02. The Balaban J connectivity index is 2.04. The molecule has 21 heavy (non-hydrogen) atoms. The molecule has 1 saturated heterocycles. The molecule has 112 valence electrons. The smallest absolute Gasteiger partial charge is 0.392 e. The van der Waals surface area contributed by atoms with Crippen LogP contribution < -0.4 is 5.32 Å². The van der Waals surface area contributed by atoms with Crippen molar-refractivity contribution in [2.45, 2.75) is 18.8 Å². The summed E-state index contributed by atoms with van der Waals surface area (Å²) in [5.74, 6) is 0.304. The maximum atomic E-state index is 12.9. The molecule has 1 aromatic carbocycles. The first-order chi connectivity index (χ1) is 9.99. The first-order valence-electron chi connectivity index (χ1n) is 6.56. The van der Waals surface area contributed by atoms with E-state index < -0.39 is 11.9 Å². The van der Waals surface area contributed by atoms with E-state index in [1.54, 1.807) is 28.8 Å². The summed E-state index contributed by atoms with van der Waals surface area (Å²) in [5.41, 5.74) is 0.434. The predicted molar refractivity (Wildman–Crippen MR) is 70.5 cm³/mol. The number of hydrogen-bond donors (Lipinski definition) is 2. The van der Waals surface area contributed by atoms with Gasteiger partial charge in [-0.25, -0.2) is 4.98 Å². The summed E-state index contributed by atoms with van der Waals surface area (Å²) in [7, 11) is 0. The molecular formula is C14H14F3N3O. The lowest BCUT2D eigenvalue weighted by molar-refractivity contribution is -0.140. The SMILES string of the molecule is OCc1ccc(-c2nc(C(F)(F)F)cn2C2CNC2)cc1. The molecule has 0 radical (unpaired) electrons. The van der Waals surface area contributed by atoms with Crippen LogP contribution in [0.25, 0.3) is 11.4 Å². The number of alkyl halides is 3. The van der Waals surface area contributed by atoms with Gasteiger partial charge in [0.25, 0.3) is 0 Å². The highest BCUT2D eigenvalue weighted by Crippen LogP contribution is 2.33. The van der Waals surface area contributed by atoms with Crippen LogP contribution in [-0.4, -0.2) is 27.7 Å². The van der Waals surface area contributed by atoms with Crippen molar-refractivity contribution in [3.63, 3.8) is 0 Å². The summed E-state index contributed by atoms with van der Waals surface area (Å²) in [6.45, 7) is 1.17. The molecule has 0 aliphatic carbocycles. The van der Waals surface area contributed by atoms with Gasteiger partial charge < -0.3 is 15.0 Å². The Kier molecular flexibility index (Phi) is 3.46. The van der Waals surface area contributed by atoms with E-state index in [2.05, 4.69) is 10.3 Å². The first kappa shape index (κ1) is 14.1. The molecule has 3 rings (SSSR count). The average molecular weight is 297 g/mol. The van der Waals surface area contributed by atoms with Gasteiger partial charge in [-0.3, -0.25) is 0 Å². The van der Waals surface area contributed by atoms with E-state index in [9.17, 15) is 13.2 Å². The molecule has 0 unspecified atom stereocenters. The maximum absolute atomic E-state index is 12.9. The highest BCUT2D eigenvalue weighted by molar-refractivity contribution is 5.57. The van der Waals surface area contributed by atoms with E-state index in [1.807, 2.05) is 0 Å². The standard InChI is InChI=1S/C14H14F3N3O/c15-14(16,17)12-7-20(11-5-18-6-11)13(19-12)10-3-1-9(8-21)2-4-10/h1-4,7,11,18,21H,5-6,8H2. The number of rotatable bonds is 3. The quantitative estimate of drug-likeness (QED) is 0.913. The van der Waals surface area contributed by atoms with Crippen molar-refractivity contribution in [1.82, 2.24) is 14.9 Å². The van der Waals surface area contributed by atoms with Gasteiger partial charge in [0.05, 0.1) is 12.6 Å². The van der Waals surface area contributed by atoms with Crippen LogP contribution >= 0.6 is 0 Å². The lowest BCUT2D eigenvalue weighted by Crippen LogP contribution is -2.43. The van der Waals surface area contributed by atoms with Crippen LogP contribution in [0.3, 0.4) is 0 Å². The normalized spacial score (nSPS) is 16.0. The summed E-state index contributed by atoms with van der Waals surface area (Å²) in [5, 5.41) is 12.1. The topological polar surface area (TPSA) is 50.1 Å². The van der Waals surface area contributed by atoms with Crippen LogP contribution in [0.15, 0.2) is 30.5 Å². The van der Waals surface area contributed by atoms with Gasteiger partial charge in [0, 0.05) is 24.8 Å². The Bertz CT molecular complexity index is 630. The number of aliphatic hydroxyl groups excluding tert-OH is 1. The number of aliphatic hydroxyl groups is 1. The Hall–Kier alpha value is -1.86. The highest BCUT2D eigenvalue weighted by Gasteiger charge is 2.36. The number of benzene rings is 1. The molecule has 1 aromatic heterocycles. The van der Waals surface area contributed by atoms with Crippen molar-refractivity contribution in [3.05, 3.63) is 41.7 Å². The molecule has 0 atom stereocenters. The van der Waals surface area contributed by atoms with Crippen LogP contribution in [0.2, 0.25) is 0 Å². The van der Waals surface area contributed by atoms with Crippen molar-refractivity contribution in [1.29, 1.82) is 0 Å². The number of aromatic nitrogens is 2. The number of imidazole rings is 1. The van der Waals surface area contributed by atoms with Gasteiger partial charge in [-0.1, -0.05) is 24.3 Å². The van der Waals surface area contributed by atoms with E-state index in [0.717, 1.165) is 6.20 Å². The Morgan fingerprint density at radius 2 is 1.90 bits per heavy atom. The fourth-order valence-electron chi connectivity index (χ4n) is 2.25. The molecule has 2 heterocycles. The second-order valence-electron chi connectivity index (χ2n) is 5.02. The number of nitrogens with zero attached hydrogens (tertiary/aromatic N) is 2. The second kappa shape index (κ2) is 5.16. The predicted octanol–water partition coefficient (Wildman–Crippen LogP) is 2.21. The highest BCUT2D eigenvalue weighted by atomic mass is 19.4. The fraction of sp³-hybridized carbons (Fsp3) is 0.357. The molecule has 2 aromatic rings. The zero-order valence-corrected chi connectivity index (χ0v) is 11.1. The Morgan fingerprint density at radius 1 is 1.24 bits per heavy atom. The van der Waals surface area contributed by atoms with Gasteiger partial charge in [-0.05, 0) is 5.56 Å². The number of hydrogen-bond acceptors (Lipinski definition) is 3. The fourth-order valence-corrected chi connectivity index (χ4v) is 2.25. The minimum Gasteiger partial charge on any atom is -0.392 e. The number of halogens is 3. The van der Waals surface area contributed by atoms with E-state index >= 15 is 0 Å². The lowest BCUT2D eigenvalue weighted by Gasteiger charge is -2.29. The summed E-state index contributed by atoms with van der Waals surface area (Å²) < 4.78 is 40.2. The third-order valence-electron chi connectivity index (χ3n) is 3.57. The first-order valence-corrected chi connectivity index (χ1v) is 6.56. The van der Waals surface area contributed by atoms with Gasteiger partial charge in [0.2, 0.25) is 0 Å². The Labute approximate surface area is 119 Å². The van der Waals surface area contributed by atoms with Gasteiger partial charge in [-0.15, -0.1) is 0 Å². The van der Waals surface area contributed by atoms with Crippen LogP contribution in [0.1, 0.15) is 17.3 Å². The molecule has 7 heteroatoms. The molecule has 2 N–H and O–H groups in total. The van der Waals surface area contributed by atoms with Crippen molar-refractivity contribution in [2.75, 3.05) is 13.1 Å². The maximum Gasteiger partial charge on any atom is 0.434 e. The average Bonchev–Trinajstić information content (AvgIpc) is 2.81. The molecular weight excluding hydrogens is 283 g/mol. The molecule has 1 fully saturated rings. The lowest BCUT2D eigenvalue weighted by atomic mass is 10.1. The molecule has 0 amide bonds. The van der Waals surface area contributed by atoms with Crippen molar-refractivity contribution in [2.24, 2.45) is 0 Å². The summed E-state index contributed by atoms with van der Waals surface area (Å²) >= 11 is 0. The third-order valence-corrected chi connectivity index (χ3v) is 3.57. The minimum atomic E-state index is -4.46. The molecule has 1 aliphatic heterocycles. The number of nitrogens with one attached hydrogen (secondary N) is 1. The Morgan fingerprint density at radius 3 is 2.38 bits per heavy atom. The van der Waals surface area contributed by atoms with Crippen molar-refractivity contribution < 1.29 is 18.3 Å². The molecule has 1 aliphatic rings. The zero-order valence-electron chi connectivity index (χ0n) is 11.1. The third kappa shape index (κ3) is 2.66. The van der Waals surface area contributed by atoms with E-state index in [4.69, 9.17) is 5.11 Å². The van der Waals surface area contributed by atoms with Crippen molar-refractivity contribution >= 4 is 0 Å². The summed E-state index contributed by atoms with van der Waals surface area (Å²) in [4.78, 5) is 3.76. The zero-order chi connectivity index (χ0) is 15.0. The van der Waals surface area contributed by atoms with Gasteiger partial charge in [0.15, 0.2) is 5.69 Å². The monoisotopic (exact) mass is 297 g/mol. The van der Waals surface area contributed by atoms with Crippen LogP contribution in [-0.2, 0) is 12.8 Å². The van der Waals surface area contributed by atoms with E-state index in [0.29, 0.717) is 30.0 Å². The largest absolute Gasteiger partial charge is 0.434 e. The van der Waals surface area contributed by atoms with E-state index in [-0.39, 0.29) is 12.6 Å². The van der Waals surface area contributed by atoms with E-state index in [1.165, 1.54) is 0 Å². The minimum absolute atomic E-state index is 0.0129. The summed E-state index contributed by atoms with van der Waals surface area (Å²) in [6, 6.07) is 6.70. The van der Waals surface area contributed by atoms with Gasteiger partial charge >= 0.3 is 6.18 Å². The van der Waals surface area contributed by atoms with Gasteiger partial charge in [0.1, 0.15) is 5.82 Å². The molecule has 0 saturated carbocycles.